The van der Waals surface area contributed by atoms with Crippen LogP contribution < -0.4 is 9.64 Å². The van der Waals surface area contributed by atoms with E-state index in [0.717, 1.165) is 30.2 Å². The summed E-state index contributed by atoms with van der Waals surface area (Å²) in [6, 6.07) is 12.8. The number of carbonyl (C=O) groups is 1. The second kappa shape index (κ2) is 10.4. The molecule has 7 rings (SSSR count). The first kappa shape index (κ1) is 27.0. The molecule has 3 atom stereocenters. The van der Waals surface area contributed by atoms with Gasteiger partial charge in [0.15, 0.2) is 11.5 Å². The molecule has 0 saturated carbocycles. The Bertz CT molecular complexity index is 1750. The molecule has 0 aliphatic carbocycles. The van der Waals surface area contributed by atoms with Crippen molar-refractivity contribution in [1.29, 1.82) is 0 Å². The van der Waals surface area contributed by atoms with Gasteiger partial charge in [-0.2, -0.15) is 9.97 Å². The molecule has 3 aliphatic heterocycles. The molecule has 11 heteroatoms. The van der Waals surface area contributed by atoms with E-state index in [9.17, 15) is 13.6 Å². The average Bonchev–Trinajstić information content (AvgIpc) is 3.54. The average molecular weight is 591 g/mol. The highest BCUT2D eigenvalue weighted by Gasteiger charge is 2.50. The molecule has 8 nitrogen and oxygen atoms in total. The molecule has 0 N–H and O–H groups in total. The quantitative estimate of drug-likeness (QED) is 0.279. The van der Waals surface area contributed by atoms with Gasteiger partial charge in [-0.05, 0) is 56.4 Å². The summed E-state index contributed by atoms with van der Waals surface area (Å²) in [7, 11) is 2.08. The van der Waals surface area contributed by atoms with Gasteiger partial charge >= 0.3 is 6.01 Å². The number of fused-ring (bicyclic) bond motifs is 3. The number of aromatic nitrogens is 3. The van der Waals surface area contributed by atoms with Crippen LogP contribution in [0.4, 0.5) is 14.6 Å². The van der Waals surface area contributed by atoms with E-state index < -0.39 is 17.6 Å². The fourth-order valence-electron chi connectivity index (χ4n) is 6.56. The number of halogens is 3. The summed E-state index contributed by atoms with van der Waals surface area (Å²) < 4.78 is 34.2. The molecule has 2 aromatic heterocycles. The van der Waals surface area contributed by atoms with Crippen LogP contribution in [0, 0.1) is 5.82 Å². The molecule has 0 unspecified atom stereocenters. The van der Waals surface area contributed by atoms with Crippen LogP contribution in [0.15, 0.2) is 54.9 Å². The molecule has 42 heavy (non-hydrogen) atoms. The molecule has 4 aromatic rings. The topological polar surface area (TPSA) is 74.7 Å². The van der Waals surface area contributed by atoms with Crippen molar-refractivity contribution in [3.8, 4) is 17.3 Å². The van der Waals surface area contributed by atoms with Crippen molar-refractivity contribution < 1.29 is 18.3 Å². The second-order valence-corrected chi connectivity index (χ2v) is 11.6. The van der Waals surface area contributed by atoms with Crippen LogP contribution in [-0.2, 0) is 4.79 Å². The fourth-order valence-corrected chi connectivity index (χ4v) is 6.84. The minimum Gasteiger partial charge on any atom is -0.462 e. The third-order valence-corrected chi connectivity index (χ3v) is 9.24. The predicted molar refractivity (Wildman–Crippen MR) is 158 cm³/mol. The molecule has 0 spiro atoms. The minimum absolute atomic E-state index is 0.0141. The zero-order chi connectivity index (χ0) is 29.1. The van der Waals surface area contributed by atoms with Crippen molar-refractivity contribution in [3.63, 3.8) is 0 Å². The molecular weight excluding hydrogens is 562 g/mol. The predicted octanol–water partition coefficient (Wildman–Crippen LogP) is 5.38. The van der Waals surface area contributed by atoms with Crippen LogP contribution in [-0.4, -0.2) is 82.1 Å². The maximum atomic E-state index is 14.5. The Labute approximate surface area is 246 Å². The Morgan fingerprint density at radius 3 is 2.74 bits per heavy atom. The number of likely N-dealkylation sites (tertiary alicyclic amines) is 2. The van der Waals surface area contributed by atoms with E-state index in [1.807, 2.05) is 30.3 Å². The first-order valence-corrected chi connectivity index (χ1v) is 14.5. The first-order chi connectivity index (χ1) is 20.3. The normalized spacial score (nSPS) is 22.0. The highest BCUT2D eigenvalue weighted by atomic mass is 35.5. The maximum Gasteiger partial charge on any atom is 0.320 e. The Balaban J connectivity index is 1.29. The molecule has 0 radical (unpaired) electrons. The second-order valence-electron chi connectivity index (χ2n) is 11.2. The highest BCUT2D eigenvalue weighted by molar-refractivity contribution is 6.36. The third kappa shape index (κ3) is 4.44. The molecular formula is C31H29ClF2N6O2. The number of hydrogen-bond acceptors (Lipinski definition) is 7. The van der Waals surface area contributed by atoms with Gasteiger partial charge in [0.25, 0.3) is 5.91 Å². The maximum absolute atomic E-state index is 14.5. The summed E-state index contributed by atoms with van der Waals surface area (Å²) in [6.45, 7) is 5.61. The van der Waals surface area contributed by atoms with Crippen molar-refractivity contribution in [2.45, 2.75) is 37.4 Å². The van der Waals surface area contributed by atoms with Crippen molar-refractivity contribution in [2.75, 3.05) is 38.2 Å². The zero-order valence-corrected chi connectivity index (χ0v) is 23.8. The molecule has 2 aromatic carbocycles. The Hall–Kier alpha value is -3.89. The van der Waals surface area contributed by atoms with E-state index >= 15 is 0 Å². The lowest BCUT2D eigenvalue weighted by atomic mass is 9.96. The van der Waals surface area contributed by atoms with Crippen LogP contribution in [0.2, 0.25) is 5.02 Å². The largest absolute Gasteiger partial charge is 0.462 e. The number of ether oxygens (including phenoxy) is 1. The molecule has 3 saturated heterocycles. The fraction of sp³-hybridized carbons (Fsp3) is 0.355. The van der Waals surface area contributed by atoms with E-state index in [1.165, 1.54) is 6.07 Å². The Kier molecular flexibility index (Phi) is 6.70. The van der Waals surface area contributed by atoms with E-state index in [4.69, 9.17) is 31.3 Å². The lowest BCUT2D eigenvalue weighted by molar-refractivity contribution is -0.130. The SMILES string of the molecule is C=C(F)C(=O)N1CC[C@@H]2[C@H]1CN2c1nc(OC[C@@H]2CCCN2C)nc2nc(-c3cccc4ccc(F)c(Cl)c34)ccc12. The summed E-state index contributed by atoms with van der Waals surface area (Å²) in [5.41, 5.74) is 1.71. The van der Waals surface area contributed by atoms with Gasteiger partial charge in [-0.1, -0.05) is 42.4 Å². The number of carbonyl (C=O) groups excluding carboxylic acids is 1. The van der Waals surface area contributed by atoms with Gasteiger partial charge in [-0.15, -0.1) is 0 Å². The van der Waals surface area contributed by atoms with Crippen molar-refractivity contribution in [3.05, 3.63) is 65.7 Å². The van der Waals surface area contributed by atoms with E-state index in [-0.39, 0.29) is 29.2 Å². The first-order valence-electron chi connectivity index (χ1n) is 14.1. The molecule has 5 heterocycles. The smallest absolute Gasteiger partial charge is 0.320 e. The lowest BCUT2D eigenvalue weighted by Crippen LogP contribution is -2.63. The summed E-state index contributed by atoms with van der Waals surface area (Å²) >= 11 is 6.42. The number of pyridine rings is 1. The monoisotopic (exact) mass is 590 g/mol. The summed E-state index contributed by atoms with van der Waals surface area (Å²) in [4.78, 5) is 32.7. The Morgan fingerprint density at radius 1 is 1.10 bits per heavy atom. The van der Waals surface area contributed by atoms with Crippen molar-refractivity contribution >= 4 is 45.1 Å². The van der Waals surface area contributed by atoms with Crippen LogP contribution in [0.1, 0.15) is 19.3 Å². The van der Waals surface area contributed by atoms with E-state index in [2.05, 4.69) is 23.4 Å². The molecule has 3 aliphatic rings. The number of rotatable bonds is 6. The lowest BCUT2D eigenvalue weighted by Gasteiger charge is -2.47. The third-order valence-electron chi connectivity index (χ3n) is 8.87. The van der Waals surface area contributed by atoms with Gasteiger partial charge in [0.05, 0.1) is 28.2 Å². The number of anilines is 1. The van der Waals surface area contributed by atoms with Gasteiger partial charge < -0.3 is 19.4 Å². The number of benzene rings is 2. The van der Waals surface area contributed by atoms with Crippen LogP contribution >= 0.6 is 11.6 Å². The van der Waals surface area contributed by atoms with Gasteiger partial charge in [0, 0.05) is 30.1 Å². The number of amides is 1. The van der Waals surface area contributed by atoms with Crippen LogP contribution in [0.3, 0.4) is 0 Å². The summed E-state index contributed by atoms with van der Waals surface area (Å²) in [5.74, 6) is -1.44. The number of likely N-dealkylation sites (N-methyl/N-ethyl adjacent to an activating group) is 1. The molecule has 216 valence electrons. The van der Waals surface area contributed by atoms with Crippen LogP contribution in [0.25, 0.3) is 33.1 Å². The molecule has 3 fully saturated rings. The van der Waals surface area contributed by atoms with Gasteiger partial charge in [0.2, 0.25) is 0 Å². The minimum atomic E-state index is -0.945. The van der Waals surface area contributed by atoms with Gasteiger partial charge in [-0.3, -0.25) is 4.79 Å². The standard InChI is InChI=1S/C31H29ClF2N6O2/c1-17(33)30(41)39-14-12-24-25(39)15-40(24)29-21-9-11-23(20-7-3-5-18-8-10-22(34)27(32)26(18)20)35-28(21)36-31(37-29)42-16-19-6-4-13-38(19)2/h3,5,7-11,19,24-25H,1,4,6,12-16H2,2H3/t19-,24+,25+/m0/s1. The van der Waals surface area contributed by atoms with Crippen molar-refractivity contribution in [2.24, 2.45) is 0 Å². The van der Waals surface area contributed by atoms with E-state index in [1.54, 1.807) is 11.0 Å². The molecule has 1 amide bonds. The highest BCUT2D eigenvalue weighted by Crippen LogP contribution is 2.41. The van der Waals surface area contributed by atoms with Crippen LogP contribution in [0.5, 0.6) is 6.01 Å². The van der Waals surface area contributed by atoms with E-state index in [0.29, 0.717) is 54.2 Å². The Morgan fingerprint density at radius 2 is 1.95 bits per heavy atom. The summed E-state index contributed by atoms with van der Waals surface area (Å²) in [6.07, 6.45) is 2.84. The molecule has 0 bridgehead atoms. The van der Waals surface area contributed by atoms with Gasteiger partial charge in [0.1, 0.15) is 18.2 Å². The number of nitrogens with zero attached hydrogens (tertiary/aromatic N) is 6. The van der Waals surface area contributed by atoms with Crippen molar-refractivity contribution in [1.82, 2.24) is 24.8 Å². The zero-order valence-electron chi connectivity index (χ0n) is 23.1. The number of hydrogen-bond donors (Lipinski definition) is 0. The van der Waals surface area contributed by atoms with Gasteiger partial charge in [-0.25, -0.2) is 13.8 Å². The summed E-state index contributed by atoms with van der Waals surface area (Å²) in [5, 5.41) is 2.15.